The molecule has 2 atom stereocenters. The highest BCUT2D eigenvalue weighted by atomic mass is 16.7. The molecule has 2 unspecified atom stereocenters. The lowest BCUT2D eigenvalue weighted by Crippen LogP contribution is -2.52. The first-order valence-electron chi connectivity index (χ1n) is 4.75. The quantitative estimate of drug-likeness (QED) is 0.510. The van der Waals surface area contributed by atoms with Crippen LogP contribution in [0.5, 0.6) is 0 Å². The van der Waals surface area contributed by atoms with Crippen molar-refractivity contribution in [3.05, 3.63) is 12.2 Å². The van der Waals surface area contributed by atoms with Crippen LogP contribution in [0.15, 0.2) is 12.2 Å². The van der Waals surface area contributed by atoms with Crippen LogP contribution in [0.1, 0.15) is 19.3 Å². The van der Waals surface area contributed by atoms with E-state index in [1.807, 2.05) is 0 Å². The van der Waals surface area contributed by atoms with Crippen molar-refractivity contribution in [2.45, 2.75) is 25.0 Å². The standard InChI is InChI=1S/C10H14O2/c1-7-4-8-6-10(9(8)5-7)11-2-3-12-10/h8-9H,1-6H2. The smallest absolute Gasteiger partial charge is 0.172 e. The van der Waals surface area contributed by atoms with Gasteiger partial charge >= 0.3 is 0 Å². The third-order valence-corrected chi connectivity index (χ3v) is 3.52. The summed E-state index contributed by atoms with van der Waals surface area (Å²) in [6.45, 7) is 5.61. The van der Waals surface area contributed by atoms with Gasteiger partial charge in [-0.25, -0.2) is 0 Å². The molecule has 2 saturated carbocycles. The molecule has 2 heteroatoms. The predicted octanol–water partition coefficient (Wildman–Crippen LogP) is 1.72. The van der Waals surface area contributed by atoms with Crippen LogP contribution in [-0.4, -0.2) is 19.0 Å². The Bertz CT molecular complexity index is 228. The average Bonchev–Trinajstić information content (AvgIpc) is 2.57. The molecule has 0 aromatic heterocycles. The maximum Gasteiger partial charge on any atom is 0.172 e. The first-order valence-corrected chi connectivity index (χ1v) is 4.75. The molecule has 1 aliphatic heterocycles. The topological polar surface area (TPSA) is 18.5 Å². The summed E-state index contributed by atoms with van der Waals surface area (Å²) in [5.74, 6) is 1.28. The number of hydrogen-bond donors (Lipinski definition) is 0. The van der Waals surface area contributed by atoms with Gasteiger partial charge in [-0.3, -0.25) is 0 Å². The van der Waals surface area contributed by atoms with Crippen LogP contribution in [-0.2, 0) is 9.47 Å². The van der Waals surface area contributed by atoms with E-state index in [1.54, 1.807) is 0 Å². The van der Waals surface area contributed by atoms with Gasteiger partial charge in [-0.15, -0.1) is 0 Å². The van der Waals surface area contributed by atoms with Crippen LogP contribution in [0.2, 0.25) is 0 Å². The van der Waals surface area contributed by atoms with E-state index in [4.69, 9.17) is 9.47 Å². The second-order valence-electron chi connectivity index (χ2n) is 4.24. The van der Waals surface area contributed by atoms with Crippen LogP contribution in [0.3, 0.4) is 0 Å². The monoisotopic (exact) mass is 166 g/mol. The van der Waals surface area contributed by atoms with Crippen LogP contribution in [0.4, 0.5) is 0 Å². The van der Waals surface area contributed by atoms with Gasteiger partial charge in [0, 0.05) is 12.3 Å². The third-order valence-electron chi connectivity index (χ3n) is 3.52. The largest absolute Gasteiger partial charge is 0.347 e. The summed E-state index contributed by atoms with van der Waals surface area (Å²) in [5, 5.41) is 0. The fourth-order valence-electron chi connectivity index (χ4n) is 2.96. The van der Waals surface area contributed by atoms with E-state index in [0.29, 0.717) is 5.92 Å². The highest BCUT2D eigenvalue weighted by Gasteiger charge is 2.60. The highest BCUT2D eigenvalue weighted by Crippen LogP contribution is 2.58. The van der Waals surface area contributed by atoms with Crippen LogP contribution in [0.25, 0.3) is 0 Å². The molecule has 3 fully saturated rings. The van der Waals surface area contributed by atoms with Gasteiger partial charge in [0.15, 0.2) is 5.79 Å². The van der Waals surface area contributed by atoms with Crippen molar-refractivity contribution in [3.8, 4) is 0 Å². The second kappa shape index (κ2) is 2.12. The maximum atomic E-state index is 5.68. The van der Waals surface area contributed by atoms with Crippen LogP contribution in [0, 0.1) is 11.8 Å². The summed E-state index contributed by atoms with van der Waals surface area (Å²) in [6.07, 6.45) is 3.44. The summed E-state index contributed by atoms with van der Waals surface area (Å²) >= 11 is 0. The Hall–Kier alpha value is -0.340. The summed E-state index contributed by atoms with van der Waals surface area (Å²) in [6, 6.07) is 0. The lowest BCUT2D eigenvalue weighted by molar-refractivity contribution is -0.267. The molecule has 66 valence electrons. The second-order valence-corrected chi connectivity index (χ2v) is 4.24. The average molecular weight is 166 g/mol. The molecule has 1 spiro atoms. The molecular weight excluding hydrogens is 152 g/mol. The van der Waals surface area contributed by atoms with Crippen LogP contribution >= 0.6 is 0 Å². The SMILES string of the molecule is C=C1CC2CC3(OCCO3)C2C1. The van der Waals surface area contributed by atoms with Gasteiger partial charge in [0.2, 0.25) is 0 Å². The van der Waals surface area contributed by atoms with E-state index in [9.17, 15) is 0 Å². The lowest BCUT2D eigenvalue weighted by atomic mass is 9.70. The Morgan fingerprint density at radius 1 is 1.25 bits per heavy atom. The minimum absolute atomic E-state index is 0.163. The van der Waals surface area contributed by atoms with Gasteiger partial charge in [0.25, 0.3) is 0 Å². The Labute approximate surface area is 72.5 Å². The van der Waals surface area contributed by atoms with Crippen molar-refractivity contribution in [2.75, 3.05) is 13.2 Å². The highest BCUT2D eigenvalue weighted by molar-refractivity contribution is 5.16. The molecule has 2 nitrogen and oxygen atoms in total. The van der Waals surface area contributed by atoms with Crippen molar-refractivity contribution in [1.29, 1.82) is 0 Å². The minimum Gasteiger partial charge on any atom is -0.347 e. The van der Waals surface area contributed by atoms with Gasteiger partial charge in [-0.2, -0.15) is 0 Å². The number of ether oxygens (including phenoxy) is 2. The number of rotatable bonds is 0. The molecule has 0 amide bonds. The Morgan fingerprint density at radius 3 is 2.67 bits per heavy atom. The minimum atomic E-state index is -0.163. The molecule has 1 saturated heterocycles. The van der Waals surface area contributed by atoms with E-state index >= 15 is 0 Å². The van der Waals surface area contributed by atoms with Crippen molar-refractivity contribution in [2.24, 2.45) is 11.8 Å². The summed E-state index contributed by atoms with van der Waals surface area (Å²) in [5.41, 5.74) is 1.39. The predicted molar refractivity (Wildman–Crippen MR) is 44.6 cm³/mol. The van der Waals surface area contributed by atoms with E-state index in [-0.39, 0.29) is 5.79 Å². The Kier molecular flexibility index (Phi) is 1.25. The summed E-state index contributed by atoms with van der Waals surface area (Å²) in [4.78, 5) is 0. The molecule has 0 aromatic rings. The zero-order valence-electron chi connectivity index (χ0n) is 7.21. The molecular formula is C10H14O2. The number of hydrogen-bond acceptors (Lipinski definition) is 2. The molecule has 12 heavy (non-hydrogen) atoms. The first kappa shape index (κ1) is 7.10. The van der Waals surface area contributed by atoms with Gasteiger partial charge < -0.3 is 9.47 Å². The zero-order valence-corrected chi connectivity index (χ0v) is 7.21. The van der Waals surface area contributed by atoms with Gasteiger partial charge in [-0.05, 0) is 18.8 Å². The molecule has 0 radical (unpaired) electrons. The van der Waals surface area contributed by atoms with Crippen LogP contribution < -0.4 is 0 Å². The Morgan fingerprint density at radius 2 is 2.00 bits per heavy atom. The van der Waals surface area contributed by atoms with E-state index in [1.165, 1.54) is 12.0 Å². The molecule has 1 heterocycles. The number of allylic oxidation sites excluding steroid dienone is 1. The third kappa shape index (κ3) is 0.723. The fourth-order valence-corrected chi connectivity index (χ4v) is 2.96. The van der Waals surface area contributed by atoms with Gasteiger partial charge in [0.05, 0.1) is 13.2 Å². The Balaban J connectivity index is 1.82. The molecule has 2 aliphatic carbocycles. The van der Waals surface area contributed by atoms with Crippen molar-refractivity contribution >= 4 is 0 Å². The first-order chi connectivity index (χ1) is 5.80. The number of fused-ring (bicyclic) bond motifs is 2. The van der Waals surface area contributed by atoms with Crippen molar-refractivity contribution < 1.29 is 9.47 Å². The molecule has 0 aromatic carbocycles. The summed E-state index contributed by atoms with van der Waals surface area (Å²) in [7, 11) is 0. The summed E-state index contributed by atoms with van der Waals surface area (Å²) < 4.78 is 11.4. The van der Waals surface area contributed by atoms with Crippen molar-refractivity contribution in [1.82, 2.24) is 0 Å². The molecule has 3 rings (SSSR count). The molecule has 0 bridgehead atoms. The van der Waals surface area contributed by atoms with E-state index in [0.717, 1.165) is 32.0 Å². The normalized spacial score (nSPS) is 43.2. The molecule has 3 aliphatic rings. The fraction of sp³-hybridized carbons (Fsp3) is 0.800. The van der Waals surface area contributed by atoms with E-state index < -0.39 is 0 Å². The van der Waals surface area contributed by atoms with Gasteiger partial charge in [-0.1, -0.05) is 12.2 Å². The van der Waals surface area contributed by atoms with E-state index in [2.05, 4.69) is 6.58 Å². The molecule has 0 N–H and O–H groups in total. The maximum absolute atomic E-state index is 5.68. The zero-order chi connectivity index (χ0) is 8.18. The lowest BCUT2D eigenvalue weighted by Gasteiger charge is -2.47. The van der Waals surface area contributed by atoms with Crippen molar-refractivity contribution in [3.63, 3.8) is 0 Å². The van der Waals surface area contributed by atoms with Gasteiger partial charge in [0.1, 0.15) is 0 Å².